The average molecular weight is 230 g/mol. The third kappa shape index (κ3) is 3.14. The Hall–Kier alpha value is -0.163. The number of hydrogen-bond acceptors (Lipinski definition) is 3. The molecule has 1 aliphatic carbocycles. The summed E-state index contributed by atoms with van der Waals surface area (Å²) in [5.74, 6) is 0. The zero-order chi connectivity index (χ0) is 11.1. The zero-order valence-corrected chi connectivity index (χ0v) is 10.8. The van der Waals surface area contributed by atoms with Gasteiger partial charge in [-0.25, -0.2) is 0 Å². The van der Waals surface area contributed by atoms with Gasteiger partial charge in [-0.1, -0.05) is 12.5 Å². The molecule has 1 rings (SSSR count). The summed E-state index contributed by atoms with van der Waals surface area (Å²) >= 11 is 0. The van der Waals surface area contributed by atoms with Gasteiger partial charge in [0.25, 0.3) is 0 Å². The molecule has 0 atom stereocenters. The van der Waals surface area contributed by atoms with Gasteiger partial charge < -0.3 is 13.3 Å². The van der Waals surface area contributed by atoms with E-state index in [1.54, 1.807) is 6.08 Å². The molecular formula is C11H22O3Si. The molecule has 0 aromatic rings. The molecule has 0 aromatic carbocycles. The molecule has 15 heavy (non-hydrogen) atoms. The molecule has 0 amide bonds. The van der Waals surface area contributed by atoms with Crippen molar-refractivity contribution in [3.63, 3.8) is 0 Å². The van der Waals surface area contributed by atoms with Crippen LogP contribution in [0.4, 0.5) is 0 Å². The van der Waals surface area contributed by atoms with E-state index in [1.165, 1.54) is 19.3 Å². The third-order valence-electron chi connectivity index (χ3n) is 2.70. The van der Waals surface area contributed by atoms with Gasteiger partial charge in [-0.15, -0.1) is 6.58 Å². The standard InChI is InChI=1S/C11H22O3Si/c1-4-10-14-15(12-5-2,13-6-3)11-8-7-9-11/h4,11H,1,5-10H2,2-3H3. The van der Waals surface area contributed by atoms with Crippen LogP contribution >= 0.6 is 0 Å². The number of hydrogen-bond donors (Lipinski definition) is 0. The van der Waals surface area contributed by atoms with Crippen LogP contribution in [0, 0.1) is 0 Å². The predicted octanol–water partition coefficient (Wildman–Crippen LogP) is 2.76. The van der Waals surface area contributed by atoms with Gasteiger partial charge in [0, 0.05) is 18.8 Å². The first kappa shape index (κ1) is 12.9. The molecule has 0 bridgehead atoms. The van der Waals surface area contributed by atoms with Gasteiger partial charge in [-0.2, -0.15) is 0 Å². The van der Waals surface area contributed by atoms with Crippen LogP contribution in [0.2, 0.25) is 5.54 Å². The van der Waals surface area contributed by atoms with Gasteiger partial charge in [-0.3, -0.25) is 0 Å². The third-order valence-corrected chi connectivity index (χ3v) is 6.23. The summed E-state index contributed by atoms with van der Waals surface area (Å²) in [4.78, 5) is 0. The fourth-order valence-corrected chi connectivity index (χ4v) is 5.05. The van der Waals surface area contributed by atoms with Gasteiger partial charge in [0.1, 0.15) is 0 Å². The molecule has 0 aromatic heterocycles. The first-order valence-electron chi connectivity index (χ1n) is 5.81. The second-order valence-electron chi connectivity index (χ2n) is 3.70. The molecule has 0 N–H and O–H groups in total. The molecule has 1 aliphatic rings. The largest absolute Gasteiger partial charge is 0.504 e. The lowest BCUT2D eigenvalue weighted by Crippen LogP contribution is -2.52. The Kier molecular flexibility index (Phi) is 5.53. The summed E-state index contributed by atoms with van der Waals surface area (Å²) in [6, 6.07) is 0. The van der Waals surface area contributed by atoms with Gasteiger partial charge in [0.15, 0.2) is 0 Å². The summed E-state index contributed by atoms with van der Waals surface area (Å²) in [5, 5.41) is 0. The van der Waals surface area contributed by atoms with Crippen LogP contribution in [0.5, 0.6) is 0 Å². The van der Waals surface area contributed by atoms with Crippen molar-refractivity contribution in [1.82, 2.24) is 0 Å². The van der Waals surface area contributed by atoms with E-state index in [0.717, 1.165) is 0 Å². The Balaban J connectivity index is 2.62. The highest BCUT2D eigenvalue weighted by atomic mass is 28.4. The van der Waals surface area contributed by atoms with Crippen molar-refractivity contribution in [1.29, 1.82) is 0 Å². The maximum atomic E-state index is 5.84. The van der Waals surface area contributed by atoms with E-state index in [1.807, 2.05) is 13.8 Å². The smallest absolute Gasteiger partial charge is 0.374 e. The number of rotatable bonds is 8. The first-order chi connectivity index (χ1) is 7.29. The summed E-state index contributed by atoms with van der Waals surface area (Å²) in [6.07, 6.45) is 5.40. The Morgan fingerprint density at radius 2 is 1.80 bits per heavy atom. The van der Waals surface area contributed by atoms with Crippen LogP contribution in [0.3, 0.4) is 0 Å². The van der Waals surface area contributed by atoms with Crippen molar-refractivity contribution in [2.24, 2.45) is 0 Å². The maximum absolute atomic E-state index is 5.84. The maximum Gasteiger partial charge on any atom is 0.504 e. The topological polar surface area (TPSA) is 27.7 Å². The second-order valence-corrected chi connectivity index (χ2v) is 6.59. The van der Waals surface area contributed by atoms with Crippen molar-refractivity contribution < 1.29 is 13.3 Å². The van der Waals surface area contributed by atoms with Crippen LogP contribution in [-0.4, -0.2) is 28.6 Å². The molecule has 0 aliphatic heterocycles. The normalized spacial score (nSPS) is 17.5. The summed E-state index contributed by atoms with van der Waals surface area (Å²) in [7, 11) is -2.40. The summed E-state index contributed by atoms with van der Waals surface area (Å²) in [6.45, 7) is 9.53. The molecule has 0 heterocycles. The van der Waals surface area contributed by atoms with Crippen molar-refractivity contribution in [3.8, 4) is 0 Å². The van der Waals surface area contributed by atoms with Crippen LogP contribution < -0.4 is 0 Å². The molecule has 0 saturated heterocycles. The van der Waals surface area contributed by atoms with E-state index in [9.17, 15) is 0 Å². The summed E-state index contributed by atoms with van der Waals surface area (Å²) in [5.41, 5.74) is 0.511. The average Bonchev–Trinajstić information content (AvgIpc) is 2.13. The predicted molar refractivity (Wildman–Crippen MR) is 62.8 cm³/mol. The lowest BCUT2D eigenvalue weighted by atomic mass is 10.00. The SMILES string of the molecule is C=CCO[Si](OCC)(OCC)C1CCC1. The van der Waals surface area contributed by atoms with Crippen LogP contribution in [-0.2, 0) is 13.3 Å². The monoisotopic (exact) mass is 230 g/mol. The van der Waals surface area contributed by atoms with Gasteiger partial charge >= 0.3 is 8.80 Å². The quantitative estimate of drug-likeness (QED) is 0.474. The van der Waals surface area contributed by atoms with Gasteiger partial charge in [0.2, 0.25) is 0 Å². The molecule has 3 nitrogen and oxygen atoms in total. The molecule has 0 radical (unpaired) electrons. The summed E-state index contributed by atoms with van der Waals surface area (Å²) < 4.78 is 17.5. The van der Waals surface area contributed by atoms with E-state index in [4.69, 9.17) is 13.3 Å². The first-order valence-corrected chi connectivity index (χ1v) is 7.62. The van der Waals surface area contributed by atoms with Crippen LogP contribution in [0.25, 0.3) is 0 Å². The Bertz CT molecular complexity index is 186. The fraction of sp³-hybridized carbons (Fsp3) is 0.818. The van der Waals surface area contributed by atoms with Crippen LogP contribution in [0.1, 0.15) is 33.1 Å². The van der Waals surface area contributed by atoms with E-state index >= 15 is 0 Å². The lowest BCUT2D eigenvalue weighted by Gasteiger charge is -2.39. The highest BCUT2D eigenvalue weighted by molar-refractivity contribution is 6.62. The molecule has 4 heteroatoms. The van der Waals surface area contributed by atoms with E-state index < -0.39 is 8.80 Å². The minimum Gasteiger partial charge on any atom is -0.374 e. The minimum atomic E-state index is -2.40. The molecule has 0 unspecified atom stereocenters. The zero-order valence-electron chi connectivity index (χ0n) is 9.83. The van der Waals surface area contributed by atoms with E-state index in [2.05, 4.69) is 6.58 Å². The highest BCUT2D eigenvalue weighted by Crippen LogP contribution is 2.42. The Morgan fingerprint density at radius 3 is 2.13 bits per heavy atom. The highest BCUT2D eigenvalue weighted by Gasteiger charge is 2.51. The molecule has 1 fully saturated rings. The van der Waals surface area contributed by atoms with Crippen molar-refractivity contribution in [2.75, 3.05) is 19.8 Å². The Morgan fingerprint density at radius 1 is 1.20 bits per heavy atom. The molecular weight excluding hydrogens is 208 g/mol. The van der Waals surface area contributed by atoms with Crippen molar-refractivity contribution in [2.45, 2.75) is 38.7 Å². The van der Waals surface area contributed by atoms with Crippen LogP contribution in [0.15, 0.2) is 12.7 Å². The van der Waals surface area contributed by atoms with Crippen molar-refractivity contribution in [3.05, 3.63) is 12.7 Å². The van der Waals surface area contributed by atoms with E-state index in [0.29, 0.717) is 25.4 Å². The van der Waals surface area contributed by atoms with E-state index in [-0.39, 0.29) is 0 Å². The fourth-order valence-electron chi connectivity index (χ4n) is 1.82. The second kappa shape index (κ2) is 6.43. The Labute approximate surface area is 93.8 Å². The van der Waals surface area contributed by atoms with Crippen molar-refractivity contribution >= 4 is 8.80 Å². The minimum absolute atomic E-state index is 0.511. The lowest BCUT2D eigenvalue weighted by molar-refractivity contribution is 0.0554. The van der Waals surface area contributed by atoms with Gasteiger partial charge in [0.05, 0.1) is 6.61 Å². The molecule has 1 saturated carbocycles. The van der Waals surface area contributed by atoms with Gasteiger partial charge in [-0.05, 0) is 26.7 Å². The molecule has 0 spiro atoms. The molecule has 88 valence electrons.